The molecule has 6 heteroatoms. The van der Waals surface area contributed by atoms with Crippen molar-refractivity contribution in [3.63, 3.8) is 0 Å². The standard InChI is InChI=1S/C15H24N4O2/c1-3-8-19(11-15(21)17-2)10-13-7-5-4-6-12(13)9-14(20)18-16/h4-7H,3,8-11,16H2,1-2H3,(H,17,21)(H,18,20). The van der Waals surface area contributed by atoms with Crippen LogP contribution in [0.4, 0.5) is 0 Å². The Hall–Kier alpha value is -1.92. The summed E-state index contributed by atoms with van der Waals surface area (Å²) >= 11 is 0. The fraction of sp³-hybridized carbons (Fsp3) is 0.467. The Morgan fingerprint density at radius 3 is 2.43 bits per heavy atom. The van der Waals surface area contributed by atoms with E-state index in [1.54, 1.807) is 7.05 Å². The summed E-state index contributed by atoms with van der Waals surface area (Å²) in [5, 5.41) is 2.63. The Balaban J connectivity index is 2.82. The van der Waals surface area contributed by atoms with Crippen molar-refractivity contribution in [2.45, 2.75) is 26.3 Å². The average Bonchev–Trinajstić information content (AvgIpc) is 2.49. The number of nitrogens with one attached hydrogen (secondary N) is 2. The van der Waals surface area contributed by atoms with Crippen molar-refractivity contribution in [3.8, 4) is 0 Å². The Morgan fingerprint density at radius 1 is 1.19 bits per heavy atom. The third kappa shape index (κ3) is 5.93. The Kier molecular flexibility index (Phi) is 7.42. The quantitative estimate of drug-likeness (QED) is 0.362. The van der Waals surface area contributed by atoms with E-state index in [4.69, 9.17) is 5.84 Å². The van der Waals surface area contributed by atoms with Gasteiger partial charge in [0.2, 0.25) is 11.8 Å². The van der Waals surface area contributed by atoms with Gasteiger partial charge in [0, 0.05) is 13.6 Å². The monoisotopic (exact) mass is 292 g/mol. The smallest absolute Gasteiger partial charge is 0.238 e. The van der Waals surface area contributed by atoms with Crippen molar-refractivity contribution in [2.75, 3.05) is 20.1 Å². The van der Waals surface area contributed by atoms with Crippen LogP contribution in [0.3, 0.4) is 0 Å². The van der Waals surface area contributed by atoms with Crippen molar-refractivity contribution >= 4 is 11.8 Å². The molecule has 1 aromatic carbocycles. The molecule has 0 aliphatic heterocycles. The summed E-state index contributed by atoms with van der Waals surface area (Å²) in [5.41, 5.74) is 4.11. The molecule has 0 atom stereocenters. The minimum absolute atomic E-state index is 0.0133. The van der Waals surface area contributed by atoms with Gasteiger partial charge in [-0.25, -0.2) is 5.84 Å². The fourth-order valence-corrected chi connectivity index (χ4v) is 2.16. The molecule has 0 bridgehead atoms. The highest BCUT2D eigenvalue weighted by Crippen LogP contribution is 2.13. The van der Waals surface area contributed by atoms with Gasteiger partial charge in [-0.1, -0.05) is 31.2 Å². The summed E-state index contributed by atoms with van der Waals surface area (Å²) in [6.45, 7) is 3.88. The molecule has 0 aliphatic rings. The van der Waals surface area contributed by atoms with Crippen LogP contribution in [0.2, 0.25) is 0 Å². The van der Waals surface area contributed by atoms with Crippen LogP contribution in [0.1, 0.15) is 24.5 Å². The maximum Gasteiger partial charge on any atom is 0.238 e. The maximum atomic E-state index is 11.6. The van der Waals surface area contributed by atoms with Gasteiger partial charge in [0.1, 0.15) is 0 Å². The molecule has 116 valence electrons. The first kappa shape index (κ1) is 17.1. The topological polar surface area (TPSA) is 87.5 Å². The summed E-state index contributed by atoms with van der Waals surface area (Å²) in [6, 6.07) is 7.72. The van der Waals surface area contributed by atoms with E-state index in [9.17, 15) is 9.59 Å². The number of benzene rings is 1. The Bertz CT molecular complexity index is 476. The van der Waals surface area contributed by atoms with Gasteiger partial charge in [-0.3, -0.25) is 19.9 Å². The number of carbonyl (C=O) groups excluding carboxylic acids is 2. The lowest BCUT2D eigenvalue weighted by Gasteiger charge is -2.22. The zero-order valence-electron chi connectivity index (χ0n) is 12.7. The van der Waals surface area contributed by atoms with Gasteiger partial charge in [-0.15, -0.1) is 0 Å². The van der Waals surface area contributed by atoms with Crippen LogP contribution in [0.25, 0.3) is 0 Å². The van der Waals surface area contributed by atoms with Crippen LogP contribution in [-0.2, 0) is 22.6 Å². The van der Waals surface area contributed by atoms with E-state index in [2.05, 4.69) is 22.6 Å². The van der Waals surface area contributed by atoms with Crippen LogP contribution < -0.4 is 16.6 Å². The molecule has 0 heterocycles. The molecule has 2 amide bonds. The highest BCUT2D eigenvalue weighted by molar-refractivity contribution is 5.78. The van der Waals surface area contributed by atoms with Crippen molar-refractivity contribution in [1.29, 1.82) is 0 Å². The highest BCUT2D eigenvalue weighted by atomic mass is 16.2. The minimum atomic E-state index is -0.226. The molecule has 1 aromatic rings. The molecule has 0 aromatic heterocycles. The van der Waals surface area contributed by atoms with E-state index in [1.165, 1.54) is 0 Å². The summed E-state index contributed by atoms with van der Waals surface area (Å²) in [6.07, 6.45) is 1.20. The molecule has 0 saturated carbocycles. The van der Waals surface area contributed by atoms with Crippen molar-refractivity contribution in [1.82, 2.24) is 15.6 Å². The molecule has 0 unspecified atom stereocenters. The van der Waals surface area contributed by atoms with Gasteiger partial charge >= 0.3 is 0 Å². The van der Waals surface area contributed by atoms with Crippen LogP contribution in [0.15, 0.2) is 24.3 Å². The first-order valence-corrected chi connectivity index (χ1v) is 7.09. The predicted molar refractivity (Wildman–Crippen MR) is 82.1 cm³/mol. The number of nitrogens with zero attached hydrogens (tertiary/aromatic N) is 1. The number of nitrogens with two attached hydrogens (primary N) is 1. The van der Waals surface area contributed by atoms with E-state index in [0.717, 1.165) is 24.1 Å². The number of hydrogen-bond acceptors (Lipinski definition) is 4. The summed E-state index contributed by atoms with van der Waals surface area (Å²) < 4.78 is 0. The Morgan fingerprint density at radius 2 is 1.86 bits per heavy atom. The predicted octanol–water partition coefficient (Wildman–Crippen LogP) is 0.177. The van der Waals surface area contributed by atoms with Crippen LogP contribution in [0, 0.1) is 0 Å². The molecule has 0 radical (unpaired) electrons. The minimum Gasteiger partial charge on any atom is -0.358 e. The molecule has 0 aliphatic carbocycles. The highest BCUT2D eigenvalue weighted by Gasteiger charge is 2.13. The van der Waals surface area contributed by atoms with Crippen molar-refractivity contribution < 1.29 is 9.59 Å². The van der Waals surface area contributed by atoms with E-state index in [0.29, 0.717) is 13.1 Å². The van der Waals surface area contributed by atoms with Crippen LogP contribution >= 0.6 is 0 Å². The molecule has 0 fully saturated rings. The van der Waals surface area contributed by atoms with E-state index >= 15 is 0 Å². The fourth-order valence-electron chi connectivity index (χ4n) is 2.16. The molecule has 4 N–H and O–H groups in total. The van der Waals surface area contributed by atoms with E-state index in [1.807, 2.05) is 24.3 Å². The molecule has 21 heavy (non-hydrogen) atoms. The summed E-state index contributed by atoms with van der Waals surface area (Å²) in [7, 11) is 1.63. The maximum absolute atomic E-state index is 11.6. The van der Waals surface area contributed by atoms with Gasteiger partial charge < -0.3 is 5.32 Å². The third-order valence-electron chi connectivity index (χ3n) is 3.21. The van der Waals surface area contributed by atoms with Crippen molar-refractivity contribution in [3.05, 3.63) is 35.4 Å². The van der Waals surface area contributed by atoms with Crippen LogP contribution in [0.5, 0.6) is 0 Å². The molecule has 0 spiro atoms. The zero-order chi connectivity index (χ0) is 15.7. The number of hydrazine groups is 1. The molecular weight excluding hydrogens is 268 g/mol. The lowest BCUT2D eigenvalue weighted by atomic mass is 10.0. The summed E-state index contributed by atoms with van der Waals surface area (Å²) in [4.78, 5) is 25.1. The molecule has 6 nitrogen and oxygen atoms in total. The molecular formula is C15H24N4O2. The number of amides is 2. The van der Waals surface area contributed by atoms with Gasteiger partial charge in [0.05, 0.1) is 13.0 Å². The third-order valence-corrected chi connectivity index (χ3v) is 3.21. The second-order valence-corrected chi connectivity index (χ2v) is 4.90. The summed E-state index contributed by atoms with van der Waals surface area (Å²) in [5.74, 6) is 4.90. The van der Waals surface area contributed by atoms with Gasteiger partial charge in [-0.05, 0) is 24.1 Å². The SMILES string of the molecule is CCCN(CC(=O)NC)Cc1ccccc1CC(=O)NN. The van der Waals surface area contributed by atoms with Crippen LogP contribution in [-0.4, -0.2) is 36.9 Å². The number of rotatable bonds is 8. The van der Waals surface area contributed by atoms with Gasteiger partial charge in [-0.2, -0.15) is 0 Å². The zero-order valence-corrected chi connectivity index (χ0v) is 12.7. The largest absolute Gasteiger partial charge is 0.358 e. The second kappa shape index (κ2) is 9.10. The van der Waals surface area contributed by atoms with Gasteiger partial charge in [0.15, 0.2) is 0 Å². The van der Waals surface area contributed by atoms with Crippen molar-refractivity contribution in [2.24, 2.45) is 5.84 Å². The first-order valence-electron chi connectivity index (χ1n) is 7.09. The molecule has 0 saturated heterocycles. The van der Waals surface area contributed by atoms with E-state index < -0.39 is 0 Å². The van der Waals surface area contributed by atoms with E-state index in [-0.39, 0.29) is 18.2 Å². The van der Waals surface area contributed by atoms with Gasteiger partial charge in [0.25, 0.3) is 0 Å². The lowest BCUT2D eigenvalue weighted by Crippen LogP contribution is -2.36. The second-order valence-electron chi connectivity index (χ2n) is 4.90. The Labute approximate surface area is 125 Å². The lowest BCUT2D eigenvalue weighted by molar-refractivity contribution is -0.122. The average molecular weight is 292 g/mol. The molecule has 1 rings (SSSR count). The normalized spacial score (nSPS) is 10.5. The number of likely N-dealkylation sites (N-methyl/N-ethyl adjacent to an activating group) is 1. The number of carbonyl (C=O) groups is 2. The number of hydrogen-bond donors (Lipinski definition) is 3. The first-order chi connectivity index (χ1) is 10.1.